The molecule has 0 aliphatic heterocycles. The second kappa shape index (κ2) is 8.56. The van der Waals surface area contributed by atoms with Crippen molar-refractivity contribution < 1.29 is 23.7 Å². The molecule has 1 amide bonds. The van der Waals surface area contributed by atoms with Gasteiger partial charge < -0.3 is 14.5 Å². The molecule has 1 aromatic carbocycles. The van der Waals surface area contributed by atoms with Crippen LogP contribution in [0, 0.1) is 27.4 Å². The fraction of sp³-hybridized carbons (Fsp3) is 0.350. The van der Waals surface area contributed by atoms with E-state index >= 15 is 0 Å². The van der Waals surface area contributed by atoms with Crippen LogP contribution < -0.4 is 5.32 Å². The average Bonchev–Trinajstić information content (AvgIpc) is 3.18. The maximum absolute atomic E-state index is 12.3. The van der Waals surface area contributed by atoms with E-state index in [9.17, 15) is 25.0 Å². The normalized spacial score (nSPS) is 13.8. The van der Waals surface area contributed by atoms with Gasteiger partial charge in [-0.25, -0.2) is 4.79 Å². The van der Waals surface area contributed by atoms with Crippen LogP contribution in [0.5, 0.6) is 0 Å². The summed E-state index contributed by atoms with van der Waals surface area (Å²) in [6, 6.07) is 10.6. The topological polar surface area (TPSA) is 135 Å². The molecule has 29 heavy (non-hydrogen) atoms. The molecule has 0 bridgehead atoms. The number of amides is 1. The lowest BCUT2D eigenvalue weighted by atomic mass is 9.90. The highest BCUT2D eigenvalue weighted by atomic mass is 16.6. The Kier molecular flexibility index (Phi) is 6.38. The zero-order valence-corrected chi connectivity index (χ0v) is 16.5. The van der Waals surface area contributed by atoms with E-state index in [-0.39, 0.29) is 17.4 Å². The Morgan fingerprint density at radius 3 is 2.34 bits per heavy atom. The quantitative estimate of drug-likeness (QED) is 0.428. The van der Waals surface area contributed by atoms with Crippen molar-refractivity contribution in [3.05, 3.63) is 52.3 Å². The lowest BCUT2D eigenvalue weighted by molar-refractivity contribution is -0.384. The summed E-state index contributed by atoms with van der Waals surface area (Å²) in [4.78, 5) is 34.7. The fourth-order valence-corrected chi connectivity index (χ4v) is 2.28. The molecule has 0 fully saturated rings. The predicted molar refractivity (Wildman–Crippen MR) is 103 cm³/mol. The van der Waals surface area contributed by atoms with Gasteiger partial charge in [-0.15, -0.1) is 0 Å². The van der Waals surface area contributed by atoms with Gasteiger partial charge in [-0.2, -0.15) is 5.26 Å². The Morgan fingerprint density at radius 2 is 1.83 bits per heavy atom. The Balaban J connectivity index is 2.05. The number of hydrogen-bond acceptors (Lipinski definition) is 7. The highest BCUT2D eigenvalue weighted by Gasteiger charge is 2.33. The molecule has 2 rings (SSSR count). The maximum atomic E-state index is 12.3. The molecule has 1 heterocycles. The monoisotopic (exact) mass is 399 g/mol. The summed E-state index contributed by atoms with van der Waals surface area (Å²) in [5, 5.41) is 22.6. The first kappa shape index (κ1) is 21.6. The third-order valence-corrected chi connectivity index (χ3v) is 4.59. The number of esters is 1. The molecule has 0 aliphatic carbocycles. The first-order chi connectivity index (χ1) is 13.6. The lowest BCUT2D eigenvalue weighted by Gasteiger charge is -2.28. The number of nitrogens with one attached hydrogen (secondary N) is 1. The number of nitrogens with zero attached hydrogens (tertiary/aromatic N) is 2. The zero-order valence-electron chi connectivity index (χ0n) is 16.5. The minimum atomic E-state index is -1.14. The zero-order chi connectivity index (χ0) is 21.8. The van der Waals surface area contributed by atoms with E-state index in [4.69, 9.17) is 9.15 Å². The summed E-state index contributed by atoms with van der Waals surface area (Å²) >= 11 is 0. The number of rotatable bonds is 7. The van der Waals surface area contributed by atoms with Crippen molar-refractivity contribution >= 4 is 17.6 Å². The van der Waals surface area contributed by atoms with Gasteiger partial charge in [0.05, 0.1) is 11.0 Å². The van der Waals surface area contributed by atoms with Crippen LogP contribution in [0.4, 0.5) is 5.69 Å². The Morgan fingerprint density at radius 1 is 1.21 bits per heavy atom. The summed E-state index contributed by atoms with van der Waals surface area (Å²) in [6.07, 6.45) is -1.14. The fourth-order valence-electron chi connectivity index (χ4n) is 2.28. The molecule has 0 saturated carbocycles. The molecule has 2 aromatic rings. The van der Waals surface area contributed by atoms with Gasteiger partial charge in [0.25, 0.3) is 11.6 Å². The van der Waals surface area contributed by atoms with Gasteiger partial charge in [-0.3, -0.25) is 14.9 Å². The van der Waals surface area contributed by atoms with Crippen LogP contribution in [0.25, 0.3) is 11.3 Å². The Bertz CT molecular complexity index is 957. The molecule has 2 atom stereocenters. The first-order valence-corrected chi connectivity index (χ1v) is 8.86. The van der Waals surface area contributed by atoms with Gasteiger partial charge in [0.1, 0.15) is 11.3 Å². The van der Waals surface area contributed by atoms with E-state index < -0.39 is 28.4 Å². The van der Waals surface area contributed by atoms with Crippen molar-refractivity contribution in [2.24, 2.45) is 5.92 Å². The van der Waals surface area contributed by atoms with Crippen molar-refractivity contribution in [2.45, 2.75) is 39.3 Å². The third-order valence-electron chi connectivity index (χ3n) is 4.59. The third kappa shape index (κ3) is 4.99. The summed E-state index contributed by atoms with van der Waals surface area (Å²) in [7, 11) is 0. The van der Waals surface area contributed by atoms with E-state index in [1.807, 2.05) is 6.07 Å². The smallest absolute Gasteiger partial charge is 0.375 e. The van der Waals surface area contributed by atoms with E-state index in [2.05, 4.69) is 5.32 Å². The highest BCUT2D eigenvalue weighted by molar-refractivity contribution is 5.90. The SMILES string of the molecule is CC(C)[C@@](C)(C#N)NC(=O)[C@H](C)OC(=O)c1ccc(-c2ccc([N+](=O)[O-])cc2)o1. The second-order valence-corrected chi connectivity index (χ2v) is 6.97. The first-order valence-electron chi connectivity index (χ1n) is 8.86. The van der Waals surface area contributed by atoms with Gasteiger partial charge in [-0.1, -0.05) is 13.8 Å². The van der Waals surface area contributed by atoms with Crippen molar-refractivity contribution in [3.63, 3.8) is 0 Å². The van der Waals surface area contributed by atoms with Crippen LogP contribution in [0.1, 0.15) is 38.2 Å². The van der Waals surface area contributed by atoms with Crippen molar-refractivity contribution in [3.8, 4) is 17.4 Å². The number of benzene rings is 1. The van der Waals surface area contributed by atoms with Crippen LogP contribution in [0.15, 0.2) is 40.8 Å². The number of nitro groups is 1. The minimum Gasteiger partial charge on any atom is -0.449 e. The lowest BCUT2D eigenvalue weighted by Crippen LogP contribution is -2.52. The number of nitro benzene ring substituents is 1. The molecule has 1 N–H and O–H groups in total. The van der Waals surface area contributed by atoms with Gasteiger partial charge in [-0.05, 0) is 44.0 Å². The van der Waals surface area contributed by atoms with Gasteiger partial charge in [0.15, 0.2) is 6.10 Å². The molecule has 0 unspecified atom stereocenters. The highest BCUT2D eigenvalue weighted by Crippen LogP contribution is 2.25. The van der Waals surface area contributed by atoms with Crippen LogP contribution in [-0.2, 0) is 9.53 Å². The van der Waals surface area contributed by atoms with Crippen LogP contribution in [0.2, 0.25) is 0 Å². The van der Waals surface area contributed by atoms with E-state index in [0.717, 1.165) is 0 Å². The number of nitriles is 1. The molecule has 0 aliphatic rings. The largest absolute Gasteiger partial charge is 0.449 e. The molecule has 0 spiro atoms. The summed E-state index contributed by atoms with van der Waals surface area (Å²) in [5.74, 6) is -1.39. The maximum Gasteiger partial charge on any atom is 0.375 e. The number of non-ortho nitro benzene ring substituents is 1. The molecular formula is C20H21N3O6. The van der Waals surface area contributed by atoms with Gasteiger partial charge in [0, 0.05) is 17.7 Å². The predicted octanol–water partition coefficient (Wildman–Crippen LogP) is 3.45. The van der Waals surface area contributed by atoms with Crippen molar-refractivity contribution in [2.75, 3.05) is 0 Å². The van der Waals surface area contributed by atoms with E-state index in [1.165, 1.54) is 43.3 Å². The minimum absolute atomic E-state index is 0.0643. The van der Waals surface area contributed by atoms with Crippen LogP contribution in [-0.4, -0.2) is 28.4 Å². The van der Waals surface area contributed by atoms with Gasteiger partial charge >= 0.3 is 5.97 Å². The molecule has 152 valence electrons. The molecule has 9 heteroatoms. The Labute approximate surface area is 167 Å². The number of carbonyl (C=O) groups excluding carboxylic acids is 2. The van der Waals surface area contributed by atoms with Crippen LogP contribution >= 0.6 is 0 Å². The molecule has 1 aromatic heterocycles. The Hall–Kier alpha value is -3.67. The van der Waals surface area contributed by atoms with Crippen LogP contribution in [0.3, 0.4) is 0 Å². The molecular weight excluding hydrogens is 378 g/mol. The molecule has 9 nitrogen and oxygen atoms in total. The van der Waals surface area contributed by atoms with E-state index in [1.54, 1.807) is 20.8 Å². The summed E-state index contributed by atoms with van der Waals surface area (Å²) < 4.78 is 10.6. The van der Waals surface area contributed by atoms with E-state index in [0.29, 0.717) is 11.3 Å². The average molecular weight is 399 g/mol. The number of furan rings is 1. The number of ether oxygens (including phenoxy) is 1. The summed E-state index contributed by atoms with van der Waals surface area (Å²) in [5.41, 5.74) is -0.612. The van der Waals surface area contributed by atoms with Crippen molar-refractivity contribution in [1.29, 1.82) is 5.26 Å². The van der Waals surface area contributed by atoms with Crippen molar-refractivity contribution in [1.82, 2.24) is 5.32 Å². The molecule has 0 saturated heterocycles. The standard InChI is InChI=1S/C20H21N3O6/c1-12(2)20(4,11-21)22-18(24)13(3)28-19(25)17-10-9-16(29-17)14-5-7-15(8-6-14)23(26)27/h5-10,12-13H,1-4H3,(H,22,24)/t13-,20+/m0/s1. The van der Waals surface area contributed by atoms with Gasteiger partial charge in [0.2, 0.25) is 5.76 Å². The second-order valence-electron chi connectivity index (χ2n) is 6.97. The summed E-state index contributed by atoms with van der Waals surface area (Å²) in [6.45, 7) is 6.57. The molecule has 0 radical (unpaired) electrons. The number of hydrogen-bond donors (Lipinski definition) is 1. The number of carbonyl (C=O) groups is 2.